The molecule has 0 aromatic heterocycles. The van der Waals surface area contributed by atoms with Crippen molar-refractivity contribution in [1.29, 1.82) is 0 Å². The normalized spacial score (nSPS) is 15.7. The Kier molecular flexibility index (Phi) is 27.8. The highest BCUT2D eigenvalue weighted by Crippen LogP contribution is 2.04. The maximum absolute atomic E-state index is 13.2. The number of hydrogen-bond acceptors (Lipinski definition) is 18. The monoisotopic (exact) mass is 975 g/mol. The fourth-order valence-corrected chi connectivity index (χ4v) is 5.42. The van der Waals surface area contributed by atoms with Crippen LogP contribution in [0.3, 0.4) is 0 Å². The third-order valence-corrected chi connectivity index (χ3v) is 9.17. The average Bonchev–Trinajstić information content (AvgIpc) is 3.25. The number of rotatable bonds is 32. The van der Waals surface area contributed by atoms with E-state index < -0.39 is 164 Å². The molecule has 31 heteroatoms. The Balaban J connectivity index is 5.73. The number of carbonyl (C=O) groups is 12. The summed E-state index contributed by atoms with van der Waals surface area (Å²) in [7, 11) is 0. The molecule has 0 aromatic rings. The summed E-state index contributed by atoms with van der Waals surface area (Å²) in [5.74, 6) is -12.1. The van der Waals surface area contributed by atoms with E-state index in [1.54, 1.807) is 0 Å². The number of hydrogen-bond donors (Lipinski definition) is 18. The summed E-state index contributed by atoms with van der Waals surface area (Å²) >= 11 is 0. The molecule has 0 fully saturated rings. The van der Waals surface area contributed by atoms with E-state index in [0.29, 0.717) is 6.29 Å². The van der Waals surface area contributed by atoms with Gasteiger partial charge in [0, 0.05) is 13.0 Å². The van der Waals surface area contributed by atoms with Crippen LogP contribution < -0.4 is 76.5 Å². The van der Waals surface area contributed by atoms with Gasteiger partial charge in [0.25, 0.3) is 0 Å². The van der Waals surface area contributed by atoms with Crippen molar-refractivity contribution in [2.75, 3.05) is 26.3 Å². The minimum Gasteiger partial charge on any atom is -0.394 e. The van der Waals surface area contributed by atoms with Gasteiger partial charge >= 0.3 is 0 Å². The van der Waals surface area contributed by atoms with Crippen molar-refractivity contribution >= 4 is 77.2 Å². The van der Waals surface area contributed by atoms with Gasteiger partial charge in [0.1, 0.15) is 48.6 Å². The summed E-state index contributed by atoms with van der Waals surface area (Å²) in [5.41, 5.74) is 26.4. The lowest BCUT2D eigenvalue weighted by atomic mass is 10.1. The molecule has 11 amide bonds. The van der Waals surface area contributed by atoms with Crippen LogP contribution in [-0.2, 0) is 57.5 Å². The zero-order valence-corrected chi connectivity index (χ0v) is 37.8. The molecule has 0 saturated carbocycles. The number of guanidine groups is 1. The average molecular weight is 976 g/mol. The number of nitrogens with zero attached hydrogens (tertiary/aromatic N) is 1. The van der Waals surface area contributed by atoms with Crippen molar-refractivity contribution in [2.24, 2.45) is 33.7 Å². The number of carbonyl (C=O) groups excluding carboxylic acids is 12. The molecule has 0 aromatic carbocycles. The van der Waals surface area contributed by atoms with E-state index in [1.165, 1.54) is 6.92 Å². The van der Waals surface area contributed by atoms with Gasteiger partial charge in [-0.15, -0.1) is 0 Å². The van der Waals surface area contributed by atoms with Gasteiger partial charge in [0.2, 0.25) is 65.0 Å². The Hall–Kier alpha value is -7.09. The van der Waals surface area contributed by atoms with Crippen molar-refractivity contribution in [3.8, 4) is 0 Å². The molecule has 384 valence electrons. The third kappa shape index (κ3) is 23.4. The largest absolute Gasteiger partial charge is 0.394 e. The molecule has 11 atom stereocenters. The van der Waals surface area contributed by atoms with Gasteiger partial charge in [-0.3, -0.25) is 57.7 Å². The summed E-state index contributed by atoms with van der Waals surface area (Å²) in [4.78, 5) is 155. The molecule has 0 radical (unpaired) electrons. The van der Waals surface area contributed by atoms with Gasteiger partial charge < -0.3 is 102 Å². The second-order valence-corrected chi connectivity index (χ2v) is 15.2. The van der Waals surface area contributed by atoms with Gasteiger partial charge in [-0.1, -0.05) is 0 Å². The van der Waals surface area contributed by atoms with Crippen LogP contribution >= 0.6 is 0 Å². The van der Waals surface area contributed by atoms with Crippen LogP contribution in [-0.4, -0.2) is 191 Å². The van der Waals surface area contributed by atoms with E-state index in [9.17, 15) is 78.0 Å². The fraction of sp³-hybridized carbons (Fsp3) is 0.649. The first kappa shape index (κ1) is 60.9. The highest BCUT2D eigenvalue weighted by atomic mass is 16.3. The minimum absolute atomic E-state index is 0.0718. The van der Waals surface area contributed by atoms with Crippen molar-refractivity contribution in [1.82, 2.24) is 47.9 Å². The van der Waals surface area contributed by atoms with Gasteiger partial charge in [0.05, 0.1) is 50.5 Å². The lowest BCUT2D eigenvalue weighted by Gasteiger charge is -2.27. The smallest absolute Gasteiger partial charge is 0.245 e. The van der Waals surface area contributed by atoms with Crippen LogP contribution in [0.4, 0.5) is 0 Å². The molecular weight excluding hydrogens is 910 g/mol. The number of aliphatic hydroxyl groups excluding tert-OH is 4. The molecule has 0 unspecified atom stereocenters. The van der Waals surface area contributed by atoms with E-state index >= 15 is 0 Å². The van der Waals surface area contributed by atoms with Crippen LogP contribution in [0.25, 0.3) is 0 Å². The summed E-state index contributed by atoms with van der Waals surface area (Å²) in [6.07, 6.45) is -4.25. The Morgan fingerprint density at radius 1 is 0.559 bits per heavy atom. The number of aliphatic imine (C=N–C) groups is 1. The lowest BCUT2D eigenvalue weighted by molar-refractivity contribution is -0.137. The number of aliphatic hydroxyl groups is 4. The van der Waals surface area contributed by atoms with Crippen molar-refractivity contribution in [3.63, 3.8) is 0 Å². The number of aldehydes is 1. The molecule has 0 aliphatic heterocycles. The predicted octanol–water partition coefficient (Wildman–Crippen LogP) is -11.5. The molecule has 0 saturated heterocycles. The Labute approximate surface area is 389 Å². The van der Waals surface area contributed by atoms with Crippen molar-refractivity contribution in [2.45, 2.75) is 126 Å². The maximum Gasteiger partial charge on any atom is 0.245 e. The van der Waals surface area contributed by atoms with Crippen molar-refractivity contribution < 1.29 is 78.0 Å². The van der Waals surface area contributed by atoms with E-state index in [1.807, 2.05) is 0 Å². The number of amides is 11. The first-order valence-corrected chi connectivity index (χ1v) is 20.8. The third-order valence-electron chi connectivity index (χ3n) is 9.17. The van der Waals surface area contributed by atoms with Crippen LogP contribution in [0.5, 0.6) is 0 Å². The fourth-order valence-electron chi connectivity index (χ4n) is 5.42. The molecular formula is C37H65N15O16. The molecule has 0 rings (SSSR count). The van der Waals surface area contributed by atoms with Gasteiger partial charge in [0.15, 0.2) is 5.96 Å². The minimum atomic E-state index is -1.86. The zero-order valence-electron chi connectivity index (χ0n) is 37.8. The highest BCUT2D eigenvalue weighted by molar-refractivity contribution is 5.99. The summed E-state index contributed by atoms with van der Waals surface area (Å²) in [6.45, 7) is 1.75. The Morgan fingerprint density at radius 2 is 1.03 bits per heavy atom. The lowest BCUT2D eigenvalue weighted by Crippen LogP contribution is -2.62. The SMILES string of the molecule is C[C@H](N)C(=O)N[C@@H](CO)C(=O)N[C@H](C(=O)N[C@H](C(=O)NCC(=O)N[C@@H](C)C(=O)N[C@@H](CC(N)=O)C(=O)N[C@@H](CO)C(=O)N[C@@H](CCC(N)=O)C(=O)N[C@H](C=O)CCCN=C(N)N)[C@@H](C)O)[C@@H](C)O. The van der Waals surface area contributed by atoms with Gasteiger partial charge in [-0.2, -0.15) is 0 Å². The topological polar surface area (TPSA) is 536 Å². The van der Waals surface area contributed by atoms with E-state index in [-0.39, 0.29) is 31.8 Å². The van der Waals surface area contributed by atoms with E-state index in [0.717, 1.165) is 20.8 Å². The summed E-state index contributed by atoms with van der Waals surface area (Å²) in [6, 6.07) is -14.1. The van der Waals surface area contributed by atoms with E-state index in [4.69, 9.17) is 28.7 Å². The zero-order chi connectivity index (χ0) is 52.4. The predicted molar refractivity (Wildman–Crippen MR) is 234 cm³/mol. The molecule has 23 N–H and O–H groups in total. The van der Waals surface area contributed by atoms with Crippen LogP contribution in [0.2, 0.25) is 0 Å². The van der Waals surface area contributed by atoms with Gasteiger partial charge in [-0.05, 0) is 47.0 Å². The quantitative estimate of drug-likeness (QED) is 0.0129. The van der Waals surface area contributed by atoms with Crippen molar-refractivity contribution in [3.05, 3.63) is 0 Å². The molecule has 0 aliphatic rings. The van der Waals surface area contributed by atoms with Gasteiger partial charge in [-0.25, -0.2) is 0 Å². The first-order valence-electron chi connectivity index (χ1n) is 20.8. The van der Waals surface area contributed by atoms with Crippen LogP contribution in [0.1, 0.15) is 59.8 Å². The standard InChI is InChI=1S/C37H65N15O16/c1-15(38)29(61)49-23(14-55)34(66)51-28(18(4)57)36(68)52-27(17(3)56)35(67)44-11-26(60)45-16(2)30(62)48-21(10-25(40)59)32(64)50-22(13-54)33(65)47-20(7-8-24(39)58)31(63)46-19(12-53)6-5-9-43-37(41)42/h12,15-23,27-28,54-57H,5-11,13-14,38H2,1-4H3,(H2,39,58)(H2,40,59)(H,44,67)(H,45,60)(H,46,63)(H,47,65)(H,48,62)(H,49,61)(H,50,64)(H,51,66)(H,52,68)(H4,41,42,43)/t15-,16-,17+,18+,19-,20-,21-,22-,23-,27-,28-/m0/s1. The van der Waals surface area contributed by atoms with Crippen LogP contribution in [0.15, 0.2) is 4.99 Å². The molecule has 68 heavy (non-hydrogen) atoms. The van der Waals surface area contributed by atoms with E-state index in [2.05, 4.69) is 52.8 Å². The molecule has 0 bridgehead atoms. The molecule has 31 nitrogen and oxygen atoms in total. The summed E-state index contributed by atoms with van der Waals surface area (Å²) < 4.78 is 0. The summed E-state index contributed by atoms with van der Waals surface area (Å²) in [5, 5.41) is 59.4. The Bertz CT molecular complexity index is 1830. The molecule has 0 heterocycles. The maximum atomic E-state index is 13.2. The number of nitrogens with one attached hydrogen (secondary N) is 9. The second kappa shape index (κ2) is 31.0. The Morgan fingerprint density at radius 3 is 1.51 bits per heavy atom. The number of nitrogens with two attached hydrogens (primary N) is 5. The first-order chi connectivity index (χ1) is 31.7. The molecule has 0 aliphatic carbocycles. The number of primary amides is 2. The second-order valence-electron chi connectivity index (χ2n) is 15.2. The molecule has 0 spiro atoms. The highest BCUT2D eigenvalue weighted by Gasteiger charge is 2.35. The van der Waals surface area contributed by atoms with Crippen LogP contribution in [0, 0.1) is 0 Å².